The minimum atomic E-state index is 0.208. The molecule has 0 amide bonds. The molecule has 2 rings (SSSR count). The standard InChI is InChI=1S/C19H25Si/c1-12-13(2)15(8-11-20)17-16(14(12)3)18(4,5)9-10-19(17,6)7/h9-10H2,1-7H3. The zero-order chi connectivity index (χ0) is 15.3. The molecule has 3 radical (unpaired) electrons. The average Bonchev–Trinajstić information content (AvgIpc) is 2.35. The van der Waals surface area contributed by atoms with Gasteiger partial charge in [0.15, 0.2) is 0 Å². The van der Waals surface area contributed by atoms with Gasteiger partial charge in [-0.05, 0) is 72.3 Å². The Labute approximate surface area is 127 Å². The van der Waals surface area contributed by atoms with Crippen molar-refractivity contribution in [2.24, 2.45) is 0 Å². The summed E-state index contributed by atoms with van der Waals surface area (Å²) in [5.41, 5.74) is 11.9. The third-order valence-corrected chi connectivity index (χ3v) is 5.42. The number of fused-ring (bicyclic) bond motifs is 1. The Morgan fingerprint density at radius 1 is 0.800 bits per heavy atom. The highest BCUT2D eigenvalue weighted by Gasteiger charge is 2.40. The predicted molar refractivity (Wildman–Crippen MR) is 88.6 cm³/mol. The maximum Gasteiger partial charge on any atom is 0.147 e. The summed E-state index contributed by atoms with van der Waals surface area (Å²) in [5, 5.41) is 0. The van der Waals surface area contributed by atoms with Crippen molar-refractivity contribution in [3.63, 3.8) is 0 Å². The van der Waals surface area contributed by atoms with Crippen LogP contribution in [0.2, 0.25) is 0 Å². The van der Waals surface area contributed by atoms with Crippen molar-refractivity contribution in [2.75, 3.05) is 0 Å². The lowest BCUT2D eigenvalue weighted by atomic mass is 9.60. The van der Waals surface area contributed by atoms with Crippen molar-refractivity contribution in [1.29, 1.82) is 0 Å². The fraction of sp³-hybridized carbons (Fsp3) is 0.579. The molecular formula is C19H25Si. The zero-order valence-electron chi connectivity index (χ0n) is 13.9. The molecule has 0 N–H and O–H groups in total. The molecule has 0 aliphatic heterocycles. The highest BCUT2D eigenvalue weighted by atomic mass is 28.1. The third kappa shape index (κ3) is 2.15. The first kappa shape index (κ1) is 15.4. The highest BCUT2D eigenvalue weighted by Crippen LogP contribution is 2.49. The Bertz CT molecular complexity index is 622. The quantitative estimate of drug-likeness (QED) is 0.487. The predicted octanol–water partition coefficient (Wildman–Crippen LogP) is 4.44. The van der Waals surface area contributed by atoms with E-state index >= 15 is 0 Å². The second kappa shape index (κ2) is 4.78. The van der Waals surface area contributed by atoms with Crippen molar-refractivity contribution in [3.05, 3.63) is 33.4 Å². The molecule has 0 nitrogen and oxygen atoms in total. The molecule has 1 aliphatic carbocycles. The van der Waals surface area contributed by atoms with Crippen LogP contribution in [-0.2, 0) is 10.8 Å². The molecule has 0 fully saturated rings. The summed E-state index contributed by atoms with van der Waals surface area (Å²) < 4.78 is 0. The fourth-order valence-electron chi connectivity index (χ4n) is 3.77. The molecule has 0 saturated carbocycles. The summed E-state index contributed by atoms with van der Waals surface area (Å²) in [7, 11) is 3.35. The number of hydrogen-bond donors (Lipinski definition) is 0. The number of rotatable bonds is 0. The van der Waals surface area contributed by atoms with Crippen LogP contribution in [0, 0.1) is 32.2 Å². The average molecular weight is 281 g/mol. The van der Waals surface area contributed by atoms with E-state index in [-0.39, 0.29) is 10.8 Å². The van der Waals surface area contributed by atoms with Crippen LogP contribution in [-0.4, -0.2) is 10.2 Å². The molecular weight excluding hydrogens is 256 g/mol. The Kier molecular flexibility index (Phi) is 3.67. The van der Waals surface area contributed by atoms with Crippen molar-refractivity contribution in [1.82, 2.24) is 0 Å². The van der Waals surface area contributed by atoms with Crippen molar-refractivity contribution < 1.29 is 0 Å². The minimum Gasteiger partial charge on any atom is -0.133 e. The van der Waals surface area contributed by atoms with Gasteiger partial charge >= 0.3 is 0 Å². The summed E-state index contributed by atoms with van der Waals surface area (Å²) in [4.78, 5) is 0. The fourth-order valence-corrected chi connectivity index (χ4v) is 3.90. The van der Waals surface area contributed by atoms with E-state index in [2.05, 4.69) is 70.2 Å². The second-order valence-electron chi connectivity index (χ2n) is 7.52. The van der Waals surface area contributed by atoms with Crippen LogP contribution in [0.15, 0.2) is 0 Å². The van der Waals surface area contributed by atoms with Gasteiger partial charge in [0, 0.05) is 5.56 Å². The van der Waals surface area contributed by atoms with Crippen molar-refractivity contribution in [3.8, 4) is 11.5 Å². The first-order valence-electron chi connectivity index (χ1n) is 7.46. The summed E-state index contributed by atoms with van der Waals surface area (Å²) in [6, 6.07) is 0. The molecule has 1 aromatic carbocycles. The molecule has 0 atom stereocenters. The van der Waals surface area contributed by atoms with Gasteiger partial charge in [-0.15, -0.1) is 5.54 Å². The lowest BCUT2D eigenvalue weighted by molar-refractivity contribution is 0.329. The van der Waals surface area contributed by atoms with Gasteiger partial charge in [0.1, 0.15) is 10.2 Å². The number of benzene rings is 1. The van der Waals surface area contributed by atoms with E-state index < -0.39 is 0 Å². The van der Waals surface area contributed by atoms with Gasteiger partial charge in [0.05, 0.1) is 0 Å². The summed E-state index contributed by atoms with van der Waals surface area (Å²) >= 11 is 0. The van der Waals surface area contributed by atoms with Gasteiger partial charge in [0.2, 0.25) is 0 Å². The molecule has 1 aromatic rings. The first-order chi connectivity index (χ1) is 9.13. The van der Waals surface area contributed by atoms with E-state index in [9.17, 15) is 0 Å². The maximum absolute atomic E-state index is 3.35. The van der Waals surface area contributed by atoms with E-state index in [1.54, 1.807) is 5.56 Å². The molecule has 0 unspecified atom stereocenters. The lowest BCUT2D eigenvalue weighted by Gasteiger charge is -2.44. The third-order valence-electron chi connectivity index (χ3n) is 5.29. The molecule has 105 valence electrons. The molecule has 0 aromatic heterocycles. The number of hydrogen-bond acceptors (Lipinski definition) is 0. The molecule has 20 heavy (non-hydrogen) atoms. The van der Waals surface area contributed by atoms with E-state index in [1.165, 1.54) is 40.7 Å². The monoisotopic (exact) mass is 281 g/mol. The largest absolute Gasteiger partial charge is 0.147 e. The summed E-state index contributed by atoms with van der Waals surface area (Å²) in [5.74, 6) is 3.33. The van der Waals surface area contributed by atoms with Gasteiger partial charge in [-0.2, -0.15) is 0 Å². The van der Waals surface area contributed by atoms with E-state index in [0.717, 1.165) is 0 Å². The Morgan fingerprint density at radius 2 is 1.30 bits per heavy atom. The molecule has 0 bridgehead atoms. The second-order valence-corrected chi connectivity index (χ2v) is 7.77. The van der Waals surface area contributed by atoms with Crippen LogP contribution in [0.5, 0.6) is 0 Å². The van der Waals surface area contributed by atoms with Crippen molar-refractivity contribution >= 4 is 10.2 Å². The van der Waals surface area contributed by atoms with Crippen LogP contribution in [0.4, 0.5) is 0 Å². The van der Waals surface area contributed by atoms with Crippen LogP contribution in [0.3, 0.4) is 0 Å². The highest BCUT2D eigenvalue weighted by molar-refractivity contribution is 6.22. The molecule has 1 heteroatoms. The topological polar surface area (TPSA) is 0 Å². The van der Waals surface area contributed by atoms with Crippen LogP contribution in [0.1, 0.15) is 73.9 Å². The Morgan fingerprint density at radius 3 is 1.80 bits per heavy atom. The van der Waals surface area contributed by atoms with E-state index in [4.69, 9.17) is 0 Å². The molecule has 0 saturated heterocycles. The first-order valence-corrected chi connectivity index (χ1v) is 7.96. The summed E-state index contributed by atoms with van der Waals surface area (Å²) in [6.07, 6.45) is 2.47. The van der Waals surface area contributed by atoms with Crippen molar-refractivity contribution in [2.45, 2.75) is 72.1 Å². The van der Waals surface area contributed by atoms with Crippen LogP contribution >= 0.6 is 0 Å². The van der Waals surface area contributed by atoms with E-state index in [0.29, 0.717) is 0 Å². The Balaban J connectivity index is 3.00. The Hall–Kier alpha value is -1.00. The SMILES string of the molecule is Cc1c(C)c(C#C[Si])c2c(c1C)C(C)(C)CCC2(C)C. The van der Waals surface area contributed by atoms with Gasteiger partial charge < -0.3 is 0 Å². The van der Waals surface area contributed by atoms with E-state index in [1.807, 2.05) is 0 Å². The van der Waals surface area contributed by atoms with Crippen LogP contribution < -0.4 is 0 Å². The van der Waals surface area contributed by atoms with Crippen LogP contribution in [0.25, 0.3) is 0 Å². The van der Waals surface area contributed by atoms with Gasteiger partial charge in [0.25, 0.3) is 0 Å². The zero-order valence-corrected chi connectivity index (χ0v) is 14.9. The summed E-state index contributed by atoms with van der Waals surface area (Å²) in [6.45, 7) is 16.2. The molecule has 1 aliphatic rings. The normalized spacial score (nSPS) is 19.0. The molecule has 0 heterocycles. The smallest absolute Gasteiger partial charge is 0.133 e. The molecule has 0 spiro atoms. The van der Waals surface area contributed by atoms with Gasteiger partial charge in [-0.1, -0.05) is 33.6 Å². The van der Waals surface area contributed by atoms with Gasteiger partial charge in [-0.3, -0.25) is 0 Å². The van der Waals surface area contributed by atoms with Gasteiger partial charge in [-0.25, -0.2) is 0 Å². The minimum absolute atomic E-state index is 0.208. The lowest BCUT2D eigenvalue weighted by Crippen LogP contribution is -2.36. The maximum atomic E-state index is 3.35.